The average molecular weight is 431 g/mol. The van der Waals surface area contributed by atoms with Crippen molar-refractivity contribution in [2.24, 2.45) is 0 Å². The summed E-state index contributed by atoms with van der Waals surface area (Å²) in [6, 6.07) is 24.5. The maximum Gasteiger partial charge on any atom is 0.333 e. The monoisotopic (exact) mass is 430 g/mol. The van der Waals surface area contributed by atoms with E-state index in [1.54, 1.807) is 48.5 Å². The van der Waals surface area contributed by atoms with Crippen molar-refractivity contribution in [1.82, 2.24) is 10.3 Å². The van der Waals surface area contributed by atoms with Crippen LogP contribution in [0.25, 0.3) is 22.2 Å². The zero-order valence-electron chi connectivity index (χ0n) is 16.7. The summed E-state index contributed by atoms with van der Waals surface area (Å²) >= 11 is 6.17. The Morgan fingerprint density at radius 2 is 1.61 bits per heavy atom. The average Bonchev–Trinajstić information content (AvgIpc) is 2.82. The predicted molar refractivity (Wildman–Crippen MR) is 121 cm³/mol. The van der Waals surface area contributed by atoms with Crippen LogP contribution in [0.2, 0.25) is 5.02 Å². The van der Waals surface area contributed by atoms with Gasteiger partial charge in [-0.2, -0.15) is 0 Å². The Hall–Kier alpha value is -3.70. The number of carbonyl (C=O) groups is 2. The van der Waals surface area contributed by atoms with E-state index in [-0.39, 0.29) is 0 Å². The third kappa shape index (κ3) is 4.42. The van der Waals surface area contributed by atoms with Crippen molar-refractivity contribution in [3.8, 4) is 11.3 Å². The Labute approximate surface area is 184 Å². The number of nitrogens with one attached hydrogen (secondary N) is 1. The van der Waals surface area contributed by atoms with Crippen LogP contribution < -0.4 is 5.32 Å². The molecular formula is C25H19ClN2O3. The molecule has 0 fully saturated rings. The van der Waals surface area contributed by atoms with E-state index >= 15 is 0 Å². The lowest BCUT2D eigenvalue weighted by molar-refractivity contribution is -0.143. The van der Waals surface area contributed by atoms with Crippen LogP contribution in [0.1, 0.15) is 22.0 Å². The Morgan fingerprint density at radius 3 is 2.29 bits per heavy atom. The lowest BCUT2D eigenvalue weighted by Crippen LogP contribution is -2.34. The van der Waals surface area contributed by atoms with Gasteiger partial charge in [0, 0.05) is 16.0 Å². The molecule has 0 saturated heterocycles. The van der Waals surface area contributed by atoms with Gasteiger partial charge in [-0.15, -0.1) is 0 Å². The fraction of sp³-hybridized carbons (Fsp3) is 0.0800. The van der Waals surface area contributed by atoms with Crippen molar-refractivity contribution >= 4 is 34.4 Å². The van der Waals surface area contributed by atoms with E-state index in [4.69, 9.17) is 16.3 Å². The number of nitrogens with zero attached hydrogens (tertiary/aromatic N) is 1. The maximum atomic E-state index is 13.4. The summed E-state index contributed by atoms with van der Waals surface area (Å²) in [5.41, 5.74) is 3.12. The van der Waals surface area contributed by atoms with Gasteiger partial charge in [0.25, 0.3) is 5.91 Å². The number of rotatable bonds is 5. The Kier molecular flexibility index (Phi) is 5.96. The highest BCUT2D eigenvalue weighted by molar-refractivity contribution is 6.31. The molecule has 154 valence electrons. The van der Waals surface area contributed by atoms with Gasteiger partial charge < -0.3 is 10.1 Å². The normalized spacial score (nSPS) is 11.7. The molecule has 0 aliphatic carbocycles. The fourth-order valence-electron chi connectivity index (χ4n) is 3.40. The van der Waals surface area contributed by atoms with Crippen LogP contribution >= 0.6 is 11.6 Å². The highest BCUT2D eigenvalue weighted by Crippen LogP contribution is 2.27. The molecule has 0 spiro atoms. The summed E-state index contributed by atoms with van der Waals surface area (Å²) in [7, 11) is 1.29. The maximum absolute atomic E-state index is 13.4. The highest BCUT2D eigenvalue weighted by Gasteiger charge is 2.25. The molecule has 1 aromatic heterocycles. The highest BCUT2D eigenvalue weighted by atomic mass is 35.5. The molecule has 6 heteroatoms. The molecule has 4 rings (SSSR count). The fourth-order valence-corrected chi connectivity index (χ4v) is 3.56. The van der Waals surface area contributed by atoms with Gasteiger partial charge in [0.15, 0.2) is 6.04 Å². The van der Waals surface area contributed by atoms with Gasteiger partial charge in [-0.3, -0.25) is 4.79 Å². The molecule has 0 bridgehead atoms. The molecule has 31 heavy (non-hydrogen) atoms. The number of fused-ring (bicyclic) bond motifs is 1. The lowest BCUT2D eigenvalue weighted by atomic mass is 10.0. The van der Waals surface area contributed by atoms with E-state index in [2.05, 4.69) is 10.3 Å². The summed E-state index contributed by atoms with van der Waals surface area (Å²) in [6.45, 7) is 0. The third-order valence-electron chi connectivity index (χ3n) is 4.93. The molecule has 0 saturated carbocycles. The number of halogens is 1. The Bertz CT molecular complexity index is 1240. The first-order chi connectivity index (χ1) is 15.1. The van der Waals surface area contributed by atoms with Crippen molar-refractivity contribution in [1.29, 1.82) is 0 Å². The SMILES string of the molecule is COC(=O)[C@H](NC(=O)c1cc(-c2ccccc2)nc2cc(Cl)ccc12)c1ccccc1. The summed E-state index contributed by atoms with van der Waals surface area (Å²) < 4.78 is 4.92. The summed E-state index contributed by atoms with van der Waals surface area (Å²) in [5, 5.41) is 3.97. The molecule has 0 radical (unpaired) electrons. The molecule has 4 aromatic rings. The molecule has 1 atom stereocenters. The van der Waals surface area contributed by atoms with E-state index < -0.39 is 17.9 Å². The topological polar surface area (TPSA) is 68.3 Å². The Morgan fingerprint density at radius 1 is 0.935 bits per heavy atom. The number of amides is 1. The van der Waals surface area contributed by atoms with E-state index in [9.17, 15) is 9.59 Å². The van der Waals surface area contributed by atoms with Gasteiger partial charge in [0.1, 0.15) is 0 Å². The van der Waals surface area contributed by atoms with Crippen LogP contribution in [0.15, 0.2) is 84.9 Å². The first kappa shape index (κ1) is 20.6. The number of aromatic nitrogens is 1. The molecule has 0 unspecified atom stereocenters. The van der Waals surface area contributed by atoms with Crippen LogP contribution in [0.3, 0.4) is 0 Å². The van der Waals surface area contributed by atoms with Gasteiger partial charge in [-0.05, 0) is 23.8 Å². The molecule has 3 aromatic carbocycles. The number of hydrogen-bond donors (Lipinski definition) is 1. The van der Waals surface area contributed by atoms with Crippen molar-refractivity contribution in [3.05, 3.63) is 101 Å². The molecule has 5 nitrogen and oxygen atoms in total. The van der Waals surface area contributed by atoms with Crippen molar-refractivity contribution < 1.29 is 14.3 Å². The first-order valence-corrected chi connectivity index (χ1v) is 10.0. The molecule has 1 N–H and O–H groups in total. The molecule has 0 aliphatic heterocycles. The number of esters is 1. The third-order valence-corrected chi connectivity index (χ3v) is 5.17. The molecular weight excluding hydrogens is 412 g/mol. The molecule has 1 amide bonds. The van der Waals surface area contributed by atoms with Gasteiger partial charge in [0.2, 0.25) is 0 Å². The minimum absolute atomic E-state index is 0.394. The van der Waals surface area contributed by atoms with E-state index in [1.807, 2.05) is 36.4 Å². The number of ether oxygens (including phenoxy) is 1. The molecule has 1 heterocycles. The Balaban J connectivity index is 1.80. The van der Waals surface area contributed by atoms with E-state index in [1.165, 1.54) is 7.11 Å². The first-order valence-electron chi connectivity index (χ1n) is 9.66. The van der Waals surface area contributed by atoms with Crippen LogP contribution in [0.4, 0.5) is 0 Å². The summed E-state index contributed by atoms with van der Waals surface area (Å²) in [4.78, 5) is 30.4. The zero-order valence-corrected chi connectivity index (χ0v) is 17.5. The van der Waals surface area contributed by atoms with Crippen molar-refractivity contribution in [2.75, 3.05) is 7.11 Å². The van der Waals surface area contributed by atoms with E-state index in [0.29, 0.717) is 32.7 Å². The number of hydrogen-bond acceptors (Lipinski definition) is 4. The number of methoxy groups -OCH3 is 1. The lowest BCUT2D eigenvalue weighted by Gasteiger charge is -2.18. The van der Waals surface area contributed by atoms with Gasteiger partial charge in [-0.25, -0.2) is 9.78 Å². The van der Waals surface area contributed by atoms with Crippen LogP contribution in [-0.2, 0) is 9.53 Å². The number of pyridine rings is 1. The summed E-state index contributed by atoms with van der Waals surface area (Å²) in [6.07, 6.45) is 0. The molecule has 0 aliphatic rings. The predicted octanol–water partition coefficient (Wildman–Crippen LogP) is 5.20. The summed E-state index contributed by atoms with van der Waals surface area (Å²) in [5.74, 6) is -0.963. The standard InChI is InChI=1S/C25H19ClN2O3/c1-31-25(30)23(17-10-6-3-7-11-17)28-24(29)20-15-21(16-8-4-2-5-9-16)27-22-14-18(26)12-13-19(20)22/h2-15,23H,1H3,(H,28,29)/t23-/m1/s1. The van der Waals surface area contributed by atoms with Crippen LogP contribution in [0, 0.1) is 0 Å². The second-order valence-corrected chi connectivity index (χ2v) is 7.36. The second kappa shape index (κ2) is 8.98. The minimum Gasteiger partial charge on any atom is -0.467 e. The quantitative estimate of drug-likeness (QED) is 0.442. The van der Waals surface area contributed by atoms with Crippen LogP contribution in [-0.4, -0.2) is 24.0 Å². The van der Waals surface area contributed by atoms with Gasteiger partial charge in [-0.1, -0.05) is 78.3 Å². The van der Waals surface area contributed by atoms with Crippen molar-refractivity contribution in [3.63, 3.8) is 0 Å². The van der Waals surface area contributed by atoms with Crippen molar-refractivity contribution in [2.45, 2.75) is 6.04 Å². The largest absolute Gasteiger partial charge is 0.467 e. The second-order valence-electron chi connectivity index (χ2n) is 6.92. The van der Waals surface area contributed by atoms with Gasteiger partial charge >= 0.3 is 5.97 Å². The van der Waals surface area contributed by atoms with Gasteiger partial charge in [0.05, 0.1) is 23.9 Å². The van der Waals surface area contributed by atoms with E-state index in [0.717, 1.165) is 5.56 Å². The smallest absolute Gasteiger partial charge is 0.333 e. The number of carbonyl (C=O) groups excluding carboxylic acids is 2. The number of benzene rings is 3. The zero-order chi connectivity index (χ0) is 21.8. The minimum atomic E-state index is -0.936. The van der Waals surface area contributed by atoms with Crippen LogP contribution in [0.5, 0.6) is 0 Å².